The number of hydrogen-bond acceptors (Lipinski definition) is 6. The van der Waals surface area contributed by atoms with Crippen molar-refractivity contribution in [3.63, 3.8) is 0 Å². The fraction of sp³-hybridized carbons (Fsp3) is 0.615. The van der Waals surface area contributed by atoms with E-state index in [0.717, 1.165) is 25.7 Å². The van der Waals surface area contributed by atoms with Crippen LogP contribution in [0.25, 0.3) is 0 Å². The summed E-state index contributed by atoms with van der Waals surface area (Å²) in [5, 5.41) is 39.8. The lowest BCUT2D eigenvalue weighted by Crippen LogP contribution is -2.60. The minimum Gasteiger partial charge on any atom is -0.443 e. The molecular weight excluding hydrogens is 436 g/mol. The van der Waals surface area contributed by atoms with Crippen LogP contribution in [0.4, 0.5) is 0 Å². The molecule has 33 heavy (non-hydrogen) atoms. The van der Waals surface area contributed by atoms with Gasteiger partial charge >= 0.3 is 0 Å². The van der Waals surface area contributed by atoms with Crippen LogP contribution in [-0.2, 0) is 15.3 Å². The molecule has 2 heterocycles. The van der Waals surface area contributed by atoms with E-state index in [4.69, 9.17) is 26.5 Å². The Labute approximate surface area is 201 Å². The van der Waals surface area contributed by atoms with Gasteiger partial charge in [-0.15, -0.1) is 0 Å². The summed E-state index contributed by atoms with van der Waals surface area (Å²) in [7, 11) is 0. The summed E-state index contributed by atoms with van der Waals surface area (Å²) in [6.07, 6.45) is 8.46. The highest BCUT2D eigenvalue weighted by Crippen LogP contribution is 2.66. The molecule has 174 valence electrons. The zero-order chi connectivity index (χ0) is 24.1. The van der Waals surface area contributed by atoms with Gasteiger partial charge in [-0.2, -0.15) is 15.8 Å². The largest absolute Gasteiger partial charge is 0.443 e. The molecule has 2 fully saturated rings. The van der Waals surface area contributed by atoms with Gasteiger partial charge < -0.3 is 9.47 Å². The molecule has 0 saturated carbocycles. The van der Waals surface area contributed by atoms with Crippen LogP contribution in [0.5, 0.6) is 0 Å². The van der Waals surface area contributed by atoms with Gasteiger partial charge in [-0.1, -0.05) is 88.9 Å². The summed E-state index contributed by atoms with van der Waals surface area (Å²) in [5.41, 5.74) is -2.99. The monoisotopic (exact) mass is 466 g/mol. The van der Waals surface area contributed by atoms with Gasteiger partial charge in [0.05, 0.1) is 30.2 Å². The van der Waals surface area contributed by atoms with Crippen LogP contribution in [0, 0.1) is 56.2 Å². The fourth-order valence-corrected chi connectivity index (χ4v) is 5.60. The van der Waals surface area contributed by atoms with Crippen LogP contribution >= 0.6 is 11.6 Å². The van der Waals surface area contributed by atoms with Crippen LogP contribution in [-0.4, -0.2) is 12.0 Å². The zero-order valence-electron chi connectivity index (χ0n) is 19.4. The summed E-state index contributed by atoms with van der Waals surface area (Å²) < 4.78 is 12.4. The molecule has 0 radical (unpaired) electrons. The average Bonchev–Trinajstić information content (AvgIpc) is 2.98. The van der Waals surface area contributed by atoms with E-state index in [1.54, 1.807) is 31.2 Å². The minimum absolute atomic E-state index is 0.390. The minimum atomic E-state index is -1.84. The van der Waals surface area contributed by atoms with Crippen molar-refractivity contribution in [3.8, 4) is 18.2 Å². The van der Waals surface area contributed by atoms with Crippen LogP contribution in [0.3, 0.4) is 0 Å². The number of ether oxygens (including phenoxy) is 2. The Morgan fingerprint density at radius 3 is 2.21 bits per heavy atom. The first-order chi connectivity index (χ1) is 15.9. The van der Waals surface area contributed by atoms with Crippen molar-refractivity contribution in [1.82, 2.24) is 0 Å². The predicted molar refractivity (Wildman–Crippen MR) is 125 cm³/mol. The number of benzene rings is 1. The molecule has 3 rings (SSSR count). The zero-order valence-corrected chi connectivity index (χ0v) is 20.1. The number of nitrogens with one attached hydrogen (secondary N) is 1. The van der Waals surface area contributed by atoms with E-state index in [1.807, 2.05) is 0 Å². The number of fused-ring (bicyclic) bond motifs is 2. The lowest BCUT2D eigenvalue weighted by atomic mass is 9.53. The average molecular weight is 467 g/mol. The van der Waals surface area contributed by atoms with Gasteiger partial charge in [-0.25, -0.2) is 0 Å². The highest BCUT2D eigenvalue weighted by molar-refractivity contribution is 6.30. The lowest BCUT2D eigenvalue weighted by molar-refractivity contribution is -0.286. The fourth-order valence-electron chi connectivity index (χ4n) is 5.40. The van der Waals surface area contributed by atoms with Crippen molar-refractivity contribution < 1.29 is 9.47 Å². The highest BCUT2D eigenvalue weighted by Gasteiger charge is 2.79. The maximum absolute atomic E-state index is 10.3. The van der Waals surface area contributed by atoms with Gasteiger partial charge in [0.25, 0.3) is 0 Å². The van der Waals surface area contributed by atoms with E-state index in [2.05, 4.69) is 25.1 Å². The second-order valence-electron chi connectivity index (χ2n) is 9.15. The molecule has 6 nitrogen and oxygen atoms in total. The van der Waals surface area contributed by atoms with E-state index < -0.39 is 28.6 Å². The molecular formula is C26H31ClN4O2. The Hall–Kier alpha value is -2.59. The van der Waals surface area contributed by atoms with Gasteiger partial charge in [0.2, 0.25) is 11.7 Å². The number of halogens is 1. The highest BCUT2D eigenvalue weighted by atomic mass is 35.5. The Morgan fingerprint density at radius 1 is 1.00 bits per heavy atom. The first kappa shape index (κ1) is 25.0. The molecule has 2 aliphatic heterocycles. The molecule has 2 aliphatic rings. The molecule has 2 saturated heterocycles. The summed E-state index contributed by atoms with van der Waals surface area (Å²) in [6.45, 7) is 3.91. The molecule has 7 heteroatoms. The first-order valence-corrected chi connectivity index (χ1v) is 12.2. The van der Waals surface area contributed by atoms with Gasteiger partial charge in [0.1, 0.15) is 0 Å². The van der Waals surface area contributed by atoms with Crippen LogP contribution in [0.15, 0.2) is 24.3 Å². The van der Waals surface area contributed by atoms with Gasteiger partial charge in [0, 0.05) is 10.6 Å². The molecule has 0 aliphatic carbocycles. The molecule has 2 bridgehead atoms. The first-order valence-electron chi connectivity index (χ1n) is 11.8. The molecule has 0 spiro atoms. The van der Waals surface area contributed by atoms with Gasteiger partial charge in [-0.3, -0.25) is 5.41 Å². The Kier molecular flexibility index (Phi) is 7.69. The third-order valence-corrected chi connectivity index (χ3v) is 7.56. The topological polar surface area (TPSA) is 114 Å². The van der Waals surface area contributed by atoms with Crippen molar-refractivity contribution in [3.05, 3.63) is 34.9 Å². The molecule has 1 aromatic rings. The van der Waals surface area contributed by atoms with Crippen LogP contribution < -0.4 is 0 Å². The van der Waals surface area contributed by atoms with Crippen molar-refractivity contribution >= 4 is 17.5 Å². The van der Waals surface area contributed by atoms with Gasteiger partial charge in [0.15, 0.2) is 10.8 Å². The smallest absolute Gasteiger partial charge is 0.243 e. The molecule has 0 aromatic heterocycles. The number of unbranched alkanes of at least 4 members (excludes halogenated alkanes) is 7. The lowest BCUT2D eigenvalue weighted by Gasteiger charge is -2.48. The van der Waals surface area contributed by atoms with E-state index >= 15 is 0 Å². The maximum Gasteiger partial charge on any atom is 0.243 e. The van der Waals surface area contributed by atoms with E-state index in [9.17, 15) is 15.8 Å². The van der Waals surface area contributed by atoms with Crippen molar-refractivity contribution in [2.24, 2.45) is 16.7 Å². The Bertz CT molecular complexity index is 993. The Balaban J connectivity index is 1.90. The second kappa shape index (κ2) is 10.1. The summed E-state index contributed by atoms with van der Waals surface area (Å²) in [4.78, 5) is 0. The molecule has 0 amide bonds. The molecule has 1 aromatic carbocycles. The van der Waals surface area contributed by atoms with Crippen molar-refractivity contribution in [2.45, 2.75) is 83.5 Å². The number of nitriles is 3. The molecule has 1 N–H and O–H groups in total. The van der Waals surface area contributed by atoms with E-state index in [0.29, 0.717) is 17.0 Å². The standard InChI is InChI=1S/C26H31ClN4O2/c1-3-4-5-6-7-8-9-10-14-22-24(16-28,17-29)25(18-30)19(2)26(32-22,33-23(25)31)20-12-11-13-21(27)15-20/h11-13,15,19,22,31H,3-10,14H2,1-2H3. The number of hydrogen-bond donors (Lipinski definition) is 1. The maximum atomic E-state index is 10.3. The van der Waals surface area contributed by atoms with E-state index in [1.165, 1.54) is 25.7 Å². The van der Waals surface area contributed by atoms with E-state index in [-0.39, 0.29) is 5.90 Å². The normalized spacial score (nSPS) is 29.5. The number of rotatable bonds is 10. The summed E-state index contributed by atoms with van der Waals surface area (Å²) in [5.74, 6) is -2.59. The van der Waals surface area contributed by atoms with Crippen molar-refractivity contribution in [2.75, 3.05) is 0 Å². The van der Waals surface area contributed by atoms with Gasteiger partial charge in [-0.05, 0) is 18.6 Å². The van der Waals surface area contributed by atoms with Crippen molar-refractivity contribution in [1.29, 1.82) is 21.2 Å². The molecule has 4 atom stereocenters. The molecule has 4 unspecified atom stereocenters. The third-order valence-electron chi connectivity index (χ3n) is 7.33. The van der Waals surface area contributed by atoms with Crippen LogP contribution in [0.1, 0.15) is 77.2 Å². The SMILES string of the molecule is CCCCCCCCCCC1OC2(c3cccc(Cl)c3)OC(=N)C(C#N)(C2C)C1(C#N)C#N. The quantitative estimate of drug-likeness (QED) is 0.389. The predicted octanol–water partition coefficient (Wildman–Crippen LogP) is 6.61. The summed E-state index contributed by atoms with van der Waals surface area (Å²) >= 11 is 6.23. The summed E-state index contributed by atoms with van der Waals surface area (Å²) in [6, 6.07) is 13.3. The second-order valence-corrected chi connectivity index (χ2v) is 9.59. The Morgan fingerprint density at radius 2 is 1.64 bits per heavy atom. The van der Waals surface area contributed by atoms with Crippen LogP contribution in [0.2, 0.25) is 5.02 Å². The number of nitrogens with zero attached hydrogens (tertiary/aromatic N) is 3. The third kappa shape index (κ3) is 3.89.